The highest BCUT2D eigenvalue weighted by Gasteiger charge is 1.98. The molecule has 1 heterocycles. The molecule has 0 spiro atoms. The van der Waals surface area contributed by atoms with Crippen LogP contribution in [-0.2, 0) is 0 Å². The highest BCUT2D eigenvalue weighted by Crippen LogP contribution is 2.12. The molecule has 0 aliphatic carbocycles. The van der Waals surface area contributed by atoms with Gasteiger partial charge < -0.3 is 0 Å². The summed E-state index contributed by atoms with van der Waals surface area (Å²) in [5.74, 6) is 0. The van der Waals surface area contributed by atoms with Crippen molar-refractivity contribution >= 4 is 23.2 Å². The number of rotatable bonds is 1. The molecule has 0 bridgehead atoms. The van der Waals surface area contributed by atoms with Gasteiger partial charge in [0.15, 0.2) is 0 Å². The minimum atomic E-state index is -0.627. The molecular formula is C3H3Cl2N3. The number of hydrogen-bond donors (Lipinski definition) is 0. The van der Waals surface area contributed by atoms with E-state index in [0.29, 0.717) is 0 Å². The fourth-order valence-electron chi connectivity index (χ4n) is 0.318. The third kappa shape index (κ3) is 1.11. The normalized spacial score (nSPS) is 10.4. The number of aromatic nitrogens is 3. The summed E-state index contributed by atoms with van der Waals surface area (Å²) in [5.41, 5.74) is 0. The fraction of sp³-hybridized carbons (Fsp3) is 0.333. The largest absolute Gasteiger partial charge is 0.223 e. The van der Waals surface area contributed by atoms with Crippen molar-refractivity contribution in [3.63, 3.8) is 0 Å². The van der Waals surface area contributed by atoms with Gasteiger partial charge in [-0.2, -0.15) is 5.10 Å². The van der Waals surface area contributed by atoms with Crippen LogP contribution in [0.5, 0.6) is 0 Å². The Balaban J connectivity index is 2.77. The zero-order valence-corrected chi connectivity index (χ0v) is 5.34. The fourth-order valence-corrected chi connectivity index (χ4v) is 0.520. The third-order valence-electron chi connectivity index (χ3n) is 0.637. The smallest absolute Gasteiger partial charge is 0.200 e. The molecule has 0 aromatic carbocycles. The quantitative estimate of drug-likeness (QED) is 0.566. The Hall–Kier alpha value is -0.280. The number of alkyl halides is 2. The standard InChI is InChI=1S/C3H3Cl2N3/c4-3(5)8-2-6-1-7-8/h1-3H. The first kappa shape index (κ1) is 5.85. The van der Waals surface area contributed by atoms with E-state index in [1.54, 1.807) is 0 Å². The van der Waals surface area contributed by atoms with E-state index >= 15 is 0 Å². The lowest BCUT2D eigenvalue weighted by atomic mass is 11.2. The van der Waals surface area contributed by atoms with Crippen molar-refractivity contribution < 1.29 is 0 Å². The first-order chi connectivity index (χ1) is 3.80. The van der Waals surface area contributed by atoms with Crippen molar-refractivity contribution in [1.29, 1.82) is 0 Å². The summed E-state index contributed by atoms with van der Waals surface area (Å²) in [5, 5.41) is 3.66. The van der Waals surface area contributed by atoms with E-state index < -0.39 is 4.96 Å². The molecule has 44 valence electrons. The van der Waals surface area contributed by atoms with Crippen molar-refractivity contribution in [1.82, 2.24) is 14.8 Å². The zero-order valence-electron chi connectivity index (χ0n) is 3.83. The van der Waals surface area contributed by atoms with E-state index in [9.17, 15) is 0 Å². The lowest BCUT2D eigenvalue weighted by molar-refractivity contribution is 0.720. The predicted octanol–water partition coefficient (Wildman–Crippen LogP) is 1.21. The van der Waals surface area contributed by atoms with Crippen LogP contribution in [0.1, 0.15) is 4.96 Å². The van der Waals surface area contributed by atoms with E-state index in [2.05, 4.69) is 10.1 Å². The summed E-state index contributed by atoms with van der Waals surface area (Å²) in [6.45, 7) is 0. The van der Waals surface area contributed by atoms with E-state index in [0.717, 1.165) is 0 Å². The van der Waals surface area contributed by atoms with Gasteiger partial charge in [-0.3, -0.25) is 0 Å². The van der Waals surface area contributed by atoms with Crippen LogP contribution >= 0.6 is 23.2 Å². The number of nitrogens with zero attached hydrogens (tertiary/aromatic N) is 3. The second-order valence-electron chi connectivity index (χ2n) is 1.15. The van der Waals surface area contributed by atoms with Crippen LogP contribution in [0.25, 0.3) is 0 Å². The Morgan fingerprint density at radius 2 is 2.25 bits per heavy atom. The van der Waals surface area contributed by atoms with E-state index in [1.807, 2.05) is 0 Å². The summed E-state index contributed by atoms with van der Waals surface area (Å²) in [7, 11) is 0. The molecule has 0 atom stereocenters. The molecule has 0 N–H and O–H groups in total. The number of halogens is 2. The van der Waals surface area contributed by atoms with E-state index in [4.69, 9.17) is 23.2 Å². The van der Waals surface area contributed by atoms with Crippen LogP contribution in [0, 0.1) is 0 Å². The van der Waals surface area contributed by atoms with Crippen LogP contribution in [-0.4, -0.2) is 14.8 Å². The molecule has 8 heavy (non-hydrogen) atoms. The molecule has 0 saturated carbocycles. The molecule has 1 aromatic rings. The minimum absolute atomic E-state index is 0.627. The van der Waals surface area contributed by atoms with Crippen molar-refractivity contribution in [2.45, 2.75) is 4.96 Å². The molecule has 0 aliphatic rings. The Labute approximate surface area is 56.2 Å². The molecule has 0 radical (unpaired) electrons. The van der Waals surface area contributed by atoms with Crippen LogP contribution in [0.3, 0.4) is 0 Å². The molecule has 0 unspecified atom stereocenters. The Morgan fingerprint density at radius 3 is 2.50 bits per heavy atom. The topological polar surface area (TPSA) is 30.7 Å². The SMILES string of the molecule is ClC(Cl)n1cncn1. The van der Waals surface area contributed by atoms with Crippen molar-refractivity contribution in [3.8, 4) is 0 Å². The first-order valence-corrected chi connectivity index (χ1v) is 2.80. The Morgan fingerprint density at radius 1 is 1.50 bits per heavy atom. The van der Waals surface area contributed by atoms with Gasteiger partial charge in [0.2, 0.25) is 4.96 Å². The third-order valence-corrected chi connectivity index (χ3v) is 1.04. The molecule has 0 aliphatic heterocycles. The second-order valence-corrected chi connectivity index (χ2v) is 2.20. The molecule has 1 rings (SSSR count). The maximum atomic E-state index is 5.37. The van der Waals surface area contributed by atoms with Gasteiger partial charge >= 0.3 is 0 Å². The average molecular weight is 152 g/mol. The molecule has 5 heteroatoms. The second kappa shape index (κ2) is 2.33. The van der Waals surface area contributed by atoms with Gasteiger partial charge in [0.25, 0.3) is 0 Å². The number of hydrogen-bond acceptors (Lipinski definition) is 2. The zero-order chi connectivity index (χ0) is 5.98. The van der Waals surface area contributed by atoms with Gasteiger partial charge in [0, 0.05) is 0 Å². The van der Waals surface area contributed by atoms with Crippen LogP contribution in [0.4, 0.5) is 0 Å². The predicted molar refractivity (Wildman–Crippen MR) is 30.8 cm³/mol. The van der Waals surface area contributed by atoms with Crippen LogP contribution < -0.4 is 0 Å². The molecule has 0 fully saturated rings. The average Bonchev–Trinajstić information content (AvgIpc) is 2.12. The first-order valence-electron chi connectivity index (χ1n) is 1.93. The van der Waals surface area contributed by atoms with Gasteiger partial charge in [-0.25, -0.2) is 9.67 Å². The summed E-state index contributed by atoms with van der Waals surface area (Å²) in [6, 6.07) is 0. The highest BCUT2D eigenvalue weighted by atomic mass is 35.5. The monoisotopic (exact) mass is 151 g/mol. The molecular weight excluding hydrogens is 149 g/mol. The maximum Gasteiger partial charge on any atom is 0.200 e. The minimum Gasteiger partial charge on any atom is -0.223 e. The van der Waals surface area contributed by atoms with E-state index in [-0.39, 0.29) is 0 Å². The lowest BCUT2D eigenvalue weighted by Crippen LogP contribution is -1.94. The van der Waals surface area contributed by atoms with Gasteiger partial charge in [0.1, 0.15) is 12.7 Å². The van der Waals surface area contributed by atoms with E-state index in [1.165, 1.54) is 17.3 Å². The van der Waals surface area contributed by atoms with Gasteiger partial charge in [-0.1, -0.05) is 23.2 Å². The lowest BCUT2D eigenvalue weighted by Gasteiger charge is -1.95. The Bertz CT molecular complexity index is 148. The Kier molecular flexibility index (Phi) is 1.70. The van der Waals surface area contributed by atoms with Crippen LogP contribution in [0.15, 0.2) is 12.7 Å². The van der Waals surface area contributed by atoms with Gasteiger partial charge in [0.05, 0.1) is 0 Å². The molecule has 1 aromatic heterocycles. The molecule has 0 amide bonds. The van der Waals surface area contributed by atoms with Crippen LogP contribution in [0.2, 0.25) is 0 Å². The molecule has 3 nitrogen and oxygen atoms in total. The summed E-state index contributed by atoms with van der Waals surface area (Å²) >= 11 is 10.7. The maximum absolute atomic E-state index is 5.37. The van der Waals surface area contributed by atoms with Crippen molar-refractivity contribution in [2.75, 3.05) is 0 Å². The summed E-state index contributed by atoms with van der Waals surface area (Å²) in [6.07, 6.45) is 2.82. The molecule has 0 saturated heterocycles. The van der Waals surface area contributed by atoms with Crippen molar-refractivity contribution in [2.24, 2.45) is 0 Å². The van der Waals surface area contributed by atoms with Gasteiger partial charge in [-0.15, -0.1) is 0 Å². The summed E-state index contributed by atoms with van der Waals surface area (Å²) in [4.78, 5) is 3.00. The van der Waals surface area contributed by atoms with Gasteiger partial charge in [-0.05, 0) is 0 Å². The highest BCUT2D eigenvalue weighted by molar-refractivity contribution is 6.41. The van der Waals surface area contributed by atoms with Crippen molar-refractivity contribution in [3.05, 3.63) is 12.7 Å². The summed E-state index contributed by atoms with van der Waals surface area (Å²) < 4.78 is 1.34.